The van der Waals surface area contributed by atoms with Gasteiger partial charge in [-0.3, -0.25) is 0 Å². The summed E-state index contributed by atoms with van der Waals surface area (Å²) in [5.41, 5.74) is 3.62. The summed E-state index contributed by atoms with van der Waals surface area (Å²) in [5, 5.41) is 0. The summed E-state index contributed by atoms with van der Waals surface area (Å²) in [5.74, 6) is 1.15. The van der Waals surface area contributed by atoms with Crippen LogP contribution in [0.2, 0.25) is 0 Å². The molecule has 3 heteroatoms. The van der Waals surface area contributed by atoms with Crippen LogP contribution in [0.15, 0.2) is 53.0 Å². The zero-order valence-corrected chi connectivity index (χ0v) is 11.7. The van der Waals surface area contributed by atoms with Crippen molar-refractivity contribution < 1.29 is 4.57 Å². The molecular formula is C15H14BrN2+. The third-order valence-corrected chi connectivity index (χ3v) is 3.63. The van der Waals surface area contributed by atoms with Crippen LogP contribution in [0.25, 0.3) is 22.4 Å². The topological polar surface area (TPSA) is 19.7 Å². The van der Waals surface area contributed by atoms with Gasteiger partial charge in [-0.25, -0.2) is 9.55 Å². The van der Waals surface area contributed by atoms with Gasteiger partial charge in [0.2, 0.25) is 0 Å². The smallest absolute Gasteiger partial charge is 0.236 e. The van der Waals surface area contributed by atoms with Crippen molar-refractivity contribution in [2.75, 3.05) is 0 Å². The van der Waals surface area contributed by atoms with E-state index in [1.54, 1.807) is 0 Å². The van der Waals surface area contributed by atoms with E-state index in [4.69, 9.17) is 0 Å². The van der Waals surface area contributed by atoms with Crippen LogP contribution in [0, 0.1) is 0 Å². The standard InChI is InChI=1S/C15H13BrN2/c1-2-18-14-9-4-3-8-13(14)17-15(18)11-6-5-7-12(16)10-11/h3-10H,2H2,1H3/p+1. The van der Waals surface area contributed by atoms with Gasteiger partial charge in [0, 0.05) is 4.47 Å². The Morgan fingerprint density at radius 2 is 1.94 bits per heavy atom. The van der Waals surface area contributed by atoms with Gasteiger partial charge >= 0.3 is 0 Å². The molecule has 0 aliphatic heterocycles. The number of halogens is 1. The first kappa shape index (κ1) is 11.5. The average Bonchev–Trinajstić information content (AvgIpc) is 2.77. The number of aromatic amines is 1. The second-order valence-corrected chi connectivity index (χ2v) is 5.16. The number of hydrogen-bond acceptors (Lipinski definition) is 0. The van der Waals surface area contributed by atoms with E-state index < -0.39 is 0 Å². The number of aromatic nitrogens is 2. The van der Waals surface area contributed by atoms with Crippen LogP contribution in [-0.2, 0) is 6.54 Å². The van der Waals surface area contributed by atoms with Gasteiger partial charge < -0.3 is 0 Å². The zero-order valence-electron chi connectivity index (χ0n) is 10.2. The van der Waals surface area contributed by atoms with Crippen LogP contribution in [-0.4, -0.2) is 4.98 Å². The van der Waals surface area contributed by atoms with Gasteiger partial charge in [0.15, 0.2) is 11.0 Å². The predicted molar refractivity (Wildman–Crippen MR) is 77.3 cm³/mol. The molecule has 3 aromatic rings. The number of rotatable bonds is 2. The number of imidazole rings is 1. The van der Waals surface area contributed by atoms with Crippen molar-refractivity contribution in [2.45, 2.75) is 13.5 Å². The highest BCUT2D eigenvalue weighted by Crippen LogP contribution is 2.22. The Morgan fingerprint density at radius 3 is 2.72 bits per heavy atom. The molecule has 0 radical (unpaired) electrons. The van der Waals surface area contributed by atoms with Crippen LogP contribution in [0.3, 0.4) is 0 Å². The molecule has 0 amide bonds. The molecule has 0 aliphatic carbocycles. The Labute approximate surface area is 114 Å². The van der Waals surface area contributed by atoms with Crippen molar-refractivity contribution in [1.82, 2.24) is 4.98 Å². The highest BCUT2D eigenvalue weighted by molar-refractivity contribution is 9.10. The Kier molecular flexibility index (Phi) is 2.92. The third kappa shape index (κ3) is 1.85. The van der Waals surface area contributed by atoms with Crippen molar-refractivity contribution in [1.29, 1.82) is 0 Å². The molecule has 18 heavy (non-hydrogen) atoms. The highest BCUT2D eigenvalue weighted by Gasteiger charge is 2.18. The normalized spacial score (nSPS) is 11.0. The molecule has 2 aromatic carbocycles. The molecule has 3 rings (SSSR count). The van der Waals surface area contributed by atoms with Crippen molar-refractivity contribution in [3.05, 3.63) is 53.0 Å². The fourth-order valence-corrected chi connectivity index (χ4v) is 2.72. The van der Waals surface area contributed by atoms with E-state index in [-0.39, 0.29) is 0 Å². The second-order valence-electron chi connectivity index (χ2n) is 4.25. The average molecular weight is 302 g/mol. The molecule has 1 aromatic heterocycles. The van der Waals surface area contributed by atoms with Crippen LogP contribution in [0.5, 0.6) is 0 Å². The maximum absolute atomic E-state index is 3.53. The molecule has 0 saturated carbocycles. The van der Waals surface area contributed by atoms with E-state index in [0.29, 0.717) is 0 Å². The number of fused-ring (bicyclic) bond motifs is 1. The van der Waals surface area contributed by atoms with E-state index in [1.807, 2.05) is 6.07 Å². The number of H-pyrrole nitrogens is 1. The van der Waals surface area contributed by atoms with Crippen LogP contribution < -0.4 is 4.57 Å². The lowest BCUT2D eigenvalue weighted by molar-refractivity contribution is -0.656. The summed E-state index contributed by atoms with van der Waals surface area (Å²) in [4.78, 5) is 3.50. The first-order chi connectivity index (χ1) is 8.79. The third-order valence-electron chi connectivity index (χ3n) is 3.13. The molecule has 0 spiro atoms. The van der Waals surface area contributed by atoms with Crippen LogP contribution in [0.1, 0.15) is 6.92 Å². The van der Waals surface area contributed by atoms with Crippen LogP contribution in [0.4, 0.5) is 0 Å². The Hall–Kier alpha value is -1.61. The lowest BCUT2D eigenvalue weighted by atomic mass is 10.2. The quantitative estimate of drug-likeness (QED) is 0.693. The molecule has 0 bridgehead atoms. The molecule has 90 valence electrons. The van der Waals surface area contributed by atoms with Gasteiger partial charge in [0.05, 0.1) is 12.1 Å². The van der Waals surface area contributed by atoms with Crippen molar-refractivity contribution in [2.24, 2.45) is 0 Å². The minimum absolute atomic E-state index is 0.950. The van der Waals surface area contributed by atoms with E-state index >= 15 is 0 Å². The number of para-hydroxylation sites is 2. The maximum atomic E-state index is 3.53. The Balaban J connectivity index is 2.28. The van der Waals surface area contributed by atoms with E-state index in [9.17, 15) is 0 Å². The first-order valence-corrected chi connectivity index (χ1v) is 6.85. The van der Waals surface area contributed by atoms with E-state index in [2.05, 4.69) is 74.9 Å². The Morgan fingerprint density at radius 1 is 1.11 bits per heavy atom. The molecule has 1 heterocycles. The van der Waals surface area contributed by atoms with E-state index in [0.717, 1.165) is 16.8 Å². The molecular weight excluding hydrogens is 288 g/mol. The maximum Gasteiger partial charge on any atom is 0.287 e. The minimum Gasteiger partial charge on any atom is -0.236 e. The van der Waals surface area contributed by atoms with Gasteiger partial charge in [0.1, 0.15) is 0 Å². The number of aryl methyl sites for hydroxylation is 1. The van der Waals surface area contributed by atoms with Gasteiger partial charge in [0.25, 0.3) is 5.82 Å². The fraction of sp³-hybridized carbons (Fsp3) is 0.133. The van der Waals surface area contributed by atoms with Gasteiger partial charge in [-0.2, -0.15) is 0 Å². The summed E-state index contributed by atoms with van der Waals surface area (Å²) >= 11 is 3.53. The Bertz CT molecular complexity index is 701. The molecule has 1 N–H and O–H groups in total. The summed E-state index contributed by atoms with van der Waals surface area (Å²) in [7, 11) is 0. The van der Waals surface area contributed by atoms with Gasteiger partial charge in [-0.05, 0) is 37.3 Å². The van der Waals surface area contributed by atoms with Crippen LogP contribution >= 0.6 is 15.9 Å². The lowest BCUT2D eigenvalue weighted by Crippen LogP contribution is -2.33. The number of hydrogen-bond donors (Lipinski definition) is 1. The fourth-order valence-electron chi connectivity index (χ4n) is 2.32. The zero-order chi connectivity index (χ0) is 12.5. The summed E-state index contributed by atoms with van der Waals surface area (Å²) in [6, 6.07) is 16.8. The lowest BCUT2D eigenvalue weighted by Gasteiger charge is -1.99. The number of benzene rings is 2. The SMILES string of the molecule is CC[n+]1c(-c2cccc(Br)c2)[nH]c2ccccc21. The number of nitrogens with one attached hydrogen (secondary N) is 1. The van der Waals surface area contributed by atoms with Crippen molar-refractivity contribution in [3.8, 4) is 11.4 Å². The molecule has 0 aliphatic rings. The second kappa shape index (κ2) is 4.58. The van der Waals surface area contributed by atoms with Crippen molar-refractivity contribution >= 4 is 27.0 Å². The highest BCUT2D eigenvalue weighted by atomic mass is 79.9. The molecule has 2 nitrogen and oxygen atoms in total. The summed E-state index contributed by atoms with van der Waals surface area (Å²) in [6.07, 6.45) is 0. The summed E-state index contributed by atoms with van der Waals surface area (Å²) in [6.45, 7) is 3.12. The molecule has 0 fully saturated rings. The van der Waals surface area contributed by atoms with Gasteiger partial charge in [-0.15, -0.1) is 0 Å². The summed E-state index contributed by atoms with van der Waals surface area (Å²) < 4.78 is 3.40. The first-order valence-electron chi connectivity index (χ1n) is 6.06. The minimum atomic E-state index is 0.950. The van der Waals surface area contributed by atoms with E-state index in [1.165, 1.54) is 16.6 Å². The molecule has 0 unspecified atom stereocenters. The monoisotopic (exact) mass is 301 g/mol. The number of nitrogens with zero attached hydrogens (tertiary/aromatic N) is 1. The largest absolute Gasteiger partial charge is 0.287 e. The predicted octanol–water partition coefficient (Wildman–Crippen LogP) is 3.90. The van der Waals surface area contributed by atoms with Gasteiger partial charge in [-0.1, -0.05) is 34.1 Å². The van der Waals surface area contributed by atoms with Crippen molar-refractivity contribution in [3.63, 3.8) is 0 Å². The molecule has 0 saturated heterocycles. The molecule has 0 atom stereocenters.